The third-order valence-electron chi connectivity index (χ3n) is 3.76. The van der Waals surface area contributed by atoms with Crippen molar-refractivity contribution in [3.05, 3.63) is 65.2 Å². The molecule has 142 valence electrons. The number of carboxylic acids is 1. The molecule has 0 amide bonds. The van der Waals surface area contributed by atoms with E-state index in [9.17, 15) is 9.90 Å². The van der Waals surface area contributed by atoms with Gasteiger partial charge in [-0.3, -0.25) is 0 Å². The van der Waals surface area contributed by atoms with Gasteiger partial charge in [0.05, 0.1) is 17.8 Å². The van der Waals surface area contributed by atoms with Gasteiger partial charge in [0, 0.05) is 18.1 Å². The highest BCUT2D eigenvalue weighted by atomic mass is 32.1. The Balaban J connectivity index is 2.18. The number of hydrogen-bond acceptors (Lipinski definition) is 6. The van der Waals surface area contributed by atoms with Crippen LogP contribution in [-0.2, 0) is 11.3 Å². The van der Waals surface area contributed by atoms with E-state index in [2.05, 4.69) is 18.1 Å². The average molecular weight is 386 g/mol. The van der Waals surface area contributed by atoms with Crippen LogP contribution in [0.3, 0.4) is 0 Å². The lowest BCUT2D eigenvalue weighted by atomic mass is 10.1. The van der Waals surface area contributed by atoms with Gasteiger partial charge in [-0.15, -0.1) is 11.3 Å². The van der Waals surface area contributed by atoms with Crippen molar-refractivity contribution in [1.29, 1.82) is 0 Å². The predicted molar refractivity (Wildman–Crippen MR) is 109 cm³/mol. The number of aliphatic hydroxyl groups excluding tert-OH is 1. The second kappa shape index (κ2) is 9.05. The van der Waals surface area contributed by atoms with Gasteiger partial charge in [0.25, 0.3) is 0 Å². The average Bonchev–Trinajstić information content (AvgIpc) is 3.08. The van der Waals surface area contributed by atoms with Gasteiger partial charge in [0.1, 0.15) is 16.5 Å². The number of rotatable bonds is 9. The molecular weight excluding hydrogens is 364 g/mol. The highest BCUT2D eigenvalue weighted by molar-refractivity contribution is 7.09. The summed E-state index contributed by atoms with van der Waals surface area (Å²) in [6, 6.07) is 5.12. The number of carboxylic acid groups (broad SMARTS) is 1. The maximum Gasteiger partial charge on any atom is 0.341 e. The molecule has 0 radical (unpaired) electrons. The van der Waals surface area contributed by atoms with Gasteiger partial charge < -0.3 is 19.8 Å². The molecule has 2 rings (SSSR count). The highest BCUT2D eigenvalue weighted by Crippen LogP contribution is 2.30. The zero-order chi connectivity index (χ0) is 20.0. The minimum atomic E-state index is -1.09. The molecule has 1 aromatic heterocycles. The number of carbonyl (C=O) groups is 1. The molecular formula is C20H22N2O4S. The summed E-state index contributed by atoms with van der Waals surface area (Å²) in [7, 11) is 1.91. The monoisotopic (exact) mass is 386 g/mol. The first-order valence-electron chi connectivity index (χ1n) is 8.14. The van der Waals surface area contributed by atoms with Gasteiger partial charge >= 0.3 is 5.97 Å². The Bertz CT molecular complexity index is 886. The Labute approximate surface area is 162 Å². The van der Waals surface area contributed by atoms with Crippen LogP contribution in [0.1, 0.15) is 23.2 Å². The molecule has 1 heterocycles. The van der Waals surface area contributed by atoms with Crippen LogP contribution in [-0.4, -0.2) is 34.8 Å². The molecule has 0 bridgehead atoms. The van der Waals surface area contributed by atoms with Crippen LogP contribution in [0.2, 0.25) is 0 Å². The van der Waals surface area contributed by atoms with Crippen molar-refractivity contribution in [2.24, 2.45) is 0 Å². The molecule has 0 aliphatic heterocycles. The largest absolute Gasteiger partial charge is 0.508 e. The van der Waals surface area contributed by atoms with E-state index < -0.39 is 12.6 Å². The fraction of sp³-hybridized carbons (Fsp3) is 0.200. The number of anilines is 1. The maximum atomic E-state index is 10.7. The molecule has 0 saturated heterocycles. The Morgan fingerprint density at radius 3 is 2.78 bits per heavy atom. The summed E-state index contributed by atoms with van der Waals surface area (Å²) in [5.41, 5.74) is 3.14. The third kappa shape index (κ3) is 5.46. The fourth-order valence-corrected chi connectivity index (χ4v) is 3.27. The topological polar surface area (TPSA) is 82.9 Å². The van der Waals surface area contributed by atoms with E-state index in [1.54, 1.807) is 35.6 Å². The minimum absolute atomic E-state index is 0.188. The smallest absolute Gasteiger partial charge is 0.341 e. The minimum Gasteiger partial charge on any atom is -0.508 e. The first kappa shape index (κ1) is 20.3. The van der Waals surface area contributed by atoms with Crippen molar-refractivity contribution in [3.63, 3.8) is 0 Å². The molecule has 0 saturated carbocycles. The first-order chi connectivity index (χ1) is 12.8. The lowest BCUT2D eigenvalue weighted by Gasteiger charge is -2.20. The Morgan fingerprint density at radius 1 is 1.41 bits per heavy atom. The normalized spacial score (nSPS) is 11.1. The summed E-state index contributed by atoms with van der Waals surface area (Å²) in [5, 5.41) is 21.5. The lowest BCUT2D eigenvalue weighted by molar-refractivity contribution is -0.139. The van der Waals surface area contributed by atoms with Gasteiger partial charge in [-0.2, -0.15) is 0 Å². The van der Waals surface area contributed by atoms with Crippen molar-refractivity contribution in [3.8, 4) is 5.75 Å². The molecule has 0 atom stereocenters. The van der Waals surface area contributed by atoms with Crippen molar-refractivity contribution in [1.82, 2.24) is 4.98 Å². The van der Waals surface area contributed by atoms with E-state index in [0.29, 0.717) is 12.1 Å². The molecule has 27 heavy (non-hydrogen) atoms. The van der Waals surface area contributed by atoms with Crippen molar-refractivity contribution in [2.75, 3.05) is 18.6 Å². The number of allylic oxidation sites excluding steroid dienone is 3. The van der Waals surface area contributed by atoms with Crippen molar-refractivity contribution in [2.45, 2.75) is 13.5 Å². The molecule has 6 nitrogen and oxygen atoms in total. The number of thiazole rings is 1. The lowest BCUT2D eigenvalue weighted by Crippen LogP contribution is -2.17. The molecule has 0 unspecified atom stereocenters. The number of ether oxygens (including phenoxy) is 1. The summed E-state index contributed by atoms with van der Waals surface area (Å²) in [6.07, 6.45) is 3.65. The van der Waals surface area contributed by atoms with Crippen LogP contribution in [0, 0.1) is 0 Å². The first-order valence-corrected chi connectivity index (χ1v) is 9.02. The molecule has 2 aromatic rings. The molecule has 0 spiro atoms. The van der Waals surface area contributed by atoms with Crippen LogP contribution in [0.15, 0.2) is 48.9 Å². The van der Waals surface area contributed by atoms with E-state index in [4.69, 9.17) is 9.84 Å². The summed E-state index contributed by atoms with van der Waals surface area (Å²) in [4.78, 5) is 17.3. The van der Waals surface area contributed by atoms with Crippen LogP contribution in [0.5, 0.6) is 5.75 Å². The standard InChI is InChI=1S/C20H22N2O4S/c1-5-6-13(2)17-12-27-19(21-17)10-22(4)15-7-8-18(26-11-20(24)25)16(9-15)14(3)23/h5-9,12,23H,1,3,10-11H2,2,4H3,(H,24,25)/b13-6+. The third-order valence-corrected chi connectivity index (χ3v) is 4.60. The van der Waals surface area contributed by atoms with Crippen LogP contribution >= 0.6 is 11.3 Å². The van der Waals surface area contributed by atoms with Crippen LogP contribution in [0.4, 0.5) is 5.69 Å². The molecule has 0 aliphatic carbocycles. The Hall–Kier alpha value is -3.06. The van der Waals surface area contributed by atoms with Crippen molar-refractivity contribution >= 4 is 34.3 Å². The number of aromatic nitrogens is 1. The number of hydrogen-bond donors (Lipinski definition) is 2. The fourth-order valence-electron chi connectivity index (χ4n) is 2.37. The molecule has 1 aromatic carbocycles. The van der Waals surface area contributed by atoms with Gasteiger partial charge in [-0.25, -0.2) is 9.78 Å². The number of aliphatic hydroxyl groups is 1. The Kier molecular flexibility index (Phi) is 6.79. The van der Waals surface area contributed by atoms with E-state index in [1.165, 1.54) is 0 Å². The second-order valence-corrected chi connectivity index (χ2v) is 6.82. The quantitative estimate of drug-likeness (QED) is 0.492. The molecule has 0 fully saturated rings. The van der Waals surface area contributed by atoms with E-state index in [-0.39, 0.29) is 11.5 Å². The zero-order valence-electron chi connectivity index (χ0n) is 15.3. The molecule has 2 N–H and O–H groups in total. The van der Waals surface area contributed by atoms with Gasteiger partial charge in [0.2, 0.25) is 0 Å². The highest BCUT2D eigenvalue weighted by Gasteiger charge is 2.13. The van der Waals surface area contributed by atoms with Crippen LogP contribution < -0.4 is 9.64 Å². The number of benzene rings is 1. The van der Waals surface area contributed by atoms with Crippen LogP contribution in [0.25, 0.3) is 11.3 Å². The summed E-state index contributed by atoms with van der Waals surface area (Å²) >= 11 is 1.57. The van der Waals surface area contributed by atoms with E-state index in [0.717, 1.165) is 22.0 Å². The van der Waals surface area contributed by atoms with Crippen molar-refractivity contribution < 1.29 is 19.7 Å². The SMILES string of the molecule is C=C/C=C(\C)c1csc(CN(C)c2ccc(OCC(=O)O)c(C(=C)O)c2)n1. The second-order valence-electron chi connectivity index (χ2n) is 5.88. The molecule has 7 heteroatoms. The Morgan fingerprint density at radius 2 is 2.15 bits per heavy atom. The van der Waals surface area contributed by atoms with Gasteiger partial charge in [-0.1, -0.05) is 25.3 Å². The molecule has 0 aliphatic rings. The van der Waals surface area contributed by atoms with E-state index >= 15 is 0 Å². The van der Waals surface area contributed by atoms with E-state index in [1.807, 2.05) is 30.3 Å². The zero-order valence-corrected chi connectivity index (χ0v) is 16.1. The maximum absolute atomic E-state index is 10.7. The number of nitrogens with zero attached hydrogens (tertiary/aromatic N) is 2. The summed E-state index contributed by atoms with van der Waals surface area (Å²) < 4.78 is 5.20. The van der Waals surface area contributed by atoms with Gasteiger partial charge in [-0.05, 0) is 30.7 Å². The number of aliphatic carboxylic acids is 1. The summed E-state index contributed by atoms with van der Waals surface area (Å²) in [6.45, 7) is 9.29. The predicted octanol–water partition coefficient (Wildman–Crippen LogP) is 4.36. The van der Waals surface area contributed by atoms with Gasteiger partial charge in [0.15, 0.2) is 6.61 Å². The summed E-state index contributed by atoms with van der Waals surface area (Å²) in [5.74, 6) is -1.01.